The third-order valence-corrected chi connectivity index (χ3v) is 6.07. The standard InChI is InChI=1S/C20H23N5OS/c1-24(2)13-6-4-12(5-7-13)22-19(26)16-10-15-14-8-9-25(3)11-17(14)27-20(15)23-18(16)21/h4-7,10H,8-9,11H2,1-3H3,(H2,21,23)(H,22,26). The first kappa shape index (κ1) is 17.8. The van der Waals surface area contributed by atoms with E-state index in [2.05, 4.69) is 22.2 Å². The van der Waals surface area contributed by atoms with E-state index < -0.39 is 0 Å². The number of amides is 1. The molecule has 0 saturated carbocycles. The van der Waals surface area contributed by atoms with Crippen molar-refractivity contribution in [3.63, 3.8) is 0 Å². The van der Waals surface area contributed by atoms with Crippen LogP contribution < -0.4 is 16.0 Å². The van der Waals surface area contributed by atoms with Gasteiger partial charge in [-0.15, -0.1) is 11.3 Å². The van der Waals surface area contributed by atoms with Crippen LogP contribution in [0.5, 0.6) is 0 Å². The molecule has 0 saturated heterocycles. The van der Waals surface area contributed by atoms with Gasteiger partial charge in [-0.3, -0.25) is 4.79 Å². The van der Waals surface area contributed by atoms with Crippen LogP contribution in [-0.2, 0) is 13.0 Å². The molecule has 3 N–H and O–H groups in total. The van der Waals surface area contributed by atoms with Crippen molar-refractivity contribution in [1.82, 2.24) is 9.88 Å². The van der Waals surface area contributed by atoms with Crippen molar-refractivity contribution >= 4 is 44.7 Å². The van der Waals surface area contributed by atoms with E-state index >= 15 is 0 Å². The fourth-order valence-electron chi connectivity index (χ4n) is 3.38. The van der Waals surface area contributed by atoms with Crippen molar-refractivity contribution < 1.29 is 4.79 Å². The number of rotatable bonds is 3. The Morgan fingerprint density at radius 2 is 2.04 bits per heavy atom. The van der Waals surface area contributed by atoms with Crippen molar-refractivity contribution in [2.75, 3.05) is 43.6 Å². The maximum atomic E-state index is 12.8. The first-order valence-electron chi connectivity index (χ1n) is 8.90. The lowest BCUT2D eigenvalue weighted by Gasteiger charge is -2.21. The molecule has 2 aromatic heterocycles. The van der Waals surface area contributed by atoms with E-state index in [9.17, 15) is 4.79 Å². The summed E-state index contributed by atoms with van der Waals surface area (Å²) in [7, 11) is 6.08. The monoisotopic (exact) mass is 381 g/mol. The maximum absolute atomic E-state index is 12.8. The summed E-state index contributed by atoms with van der Waals surface area (Å²) in [5, 5.41) is 3.99. The minimum atomic E-state index is -0.229. The van der Waals surface area contributed by atoms with Crippen LogP contribution in [0.25, 0.3) is 10.2 Å². The average Bonchev–Trinajstić information content (AvgIpc) is 2.97. The lowest BCUT2D eigenvalue weighted by Crippen LogP contribution is -2.25. The third-order valence-electron chi connectivity index (χ3n) is 4.94. The minimum absolute atomic E-state index is 0.229. The summed E-state index contributed by atoms with van der Waals surface area (Å²) in [6.07, 6.45) is 0.977. The van der Waals surface area contributed by atoms with Crippen molar-refractivity contribution in [3.05, 3.63) is 46.3 Å². The number of nitrogen functional groups attached to an aromatic ring is 1. The third kappa shape index (κ3) is 3.36. The van der Waals surface area contributed by atoms with Gasteiger partial charge in [-0.05, 0) is 49.4 Å². The maximum Gasteiger partial charge on any atom is 0.259 e. The molecule has 1 aliphatic heterocycles. The Hall–Kier alpha value is -2.64. The SMILES string of the molecule is CN1CCc2c(sc3nc(N)c(C(=O)Nc4ccc(N(C)C)cc4)cc23)C1. The zero-order valence-electron chi connectivity index (χ0n) is 15.7. The summed E-state index contributed by atoms with van der Waals surface area (Å²) in [6.45, 7) is 1.94. The number of hydrogen-bond acceptors (Lipinski definition) is 6. The number of anilines is 3. The minimum Gasteiger partial charge on any atom is -0.383 e. The van der Waals surface area contributed by atoms with Gasteiger partial charge in [0.1, 0.15) is 10.6 Å². The topological polar surface area (TPSA) is 74.5 Å². The van der Waals surface area contributed by atoms with Gasteiger partial charge in [-0.2, -0.15) is 0 Å². The predicted octanol–water partition coefficient (Wildman–Crippen LogP) is 3.18. The number of nitrogens with one attached hydrogen (secondary N) is 1. The summed E-state index contributed by atoms with van der Waals surface area (Å²) in [5.74, 6) is 0.0456. The molecule has 0 unspecified atom stereocenters. The van der Waals surface area contributed by atoms with Crippen LogP contribution in [0.15, 0.2) is 30.3 Å². The largest absolute Gasteiger partial charge is 0.383 e. The summed E-state index contributed by atoms with van der Waals surface area (Å²) in [5.41, 5.74) is 9.66. The van der Waals surface area contributed by atoms with Gasteiger partial charge >= 0.3 is 0 Å². The lowest BCUT2D eigenvalue weighted by atomic mass is 10.0. The Balaban J connectivity index is 1.64. The molecular weight excluding hydrogens is 358 g/mol. The summed E-state index contributed by atoms with van der Waals surface area (Å²) in [6, 6.07) is 9.61. The summed E-state index contributed by atoms with van der Waals surface area (Å²) < 4.78 is 0. The van der Waals surface area contributed by atoms with Crippen LogP contribution in [0.1, 0.15) is 20.8 Å². The molecule has 6 nitrogen and oxygen atoms in total. The number of carbonyl (C=O) groups excluding carboxylic acids is 1. The van der Waals surface area contributed by atoms with Gasteiger partial charge in [0.2, 0.25) is 0 Å². The molecule has 4 rings (SSSR count). The molecule has 1 aliphatic rings. The number of aromatic nitrogens is 1. The molecule has 0 spiro atoms. The van der Waals surface area contributed by atoms with E-state index in [1.54, 1.807) is 11.3 Å². The smallest absolute Gasteiger partial charge is 0.259 e. The molecule has 3 heterocycles. The van der Waals surface area contributed by atoms with Crippen molar-refractivity contribution in [2.45, 2.75) is 13.0 Å². The van der Waals surface area contributed by atoms with Gasteiger partial charge in [0, 0.05) is 48.8 Å². The normalized spacial score (nSPS) is 14.2. The molecular formula is C20H23N5OS. The molecule has 7 heteroatoms. The Morgan fingerprint density at radius 1 is 1.30 bits per heavy atom. The fraction of sp³-hybridized carbons (Fsp3) is 0.300. The number of carbonyl (C=O) groups is 1. The first-order valence-corrected chi connectivity index (χ1v) is 9.72. The fourth-order valence-corrected chi connectivity index (χ4v) is 4.67. The van der Waals surface area contributed by atoms with E-state index in [4.69, 9.17) is 5.73 Å². The summed E-state index contributed by atoms with van der Waals surface area (Å²) >= 11 is 1.68. The van der Waals surface area contributed by atoms with E-state index in [1.807, 2.05) is 49.3 Å². The van der Waals surface area contributed by atoms with Crippen LogP contribution in [0.3, 0.4) is 0 Å². The number of pyridine rings is 1. The van der Waals surface area contributed by atoms with Crippen molar-refractivity contribution in [3.8, 4) is 0 Å². The number of likely N-dealkylation sites (N-methyl/N-ethyl adjacent to an activating group) is 1. The van der Waals surface area contributed by atoms with E-state index in [1.165, 1.54) is 10.4 Å². The number of benzene rings is 1. The van der Waals surface area contributed by atoms with Crippen LogP contribution in [-0.4, -0.2) is 43.5 Å². The number of nitrogens with two attached hydrogens (primary N) is 1. The van der Waals surface area contributed by atoms with E-state index in [0.29, 0.717) is 5.56 Å². The second-order valence-corrected chi connectivity index (χ2v) is 8.24. The van der Waals surface area contributed by atoms with Crippen LogP contribution >= 0.6 is 11.3 Å². The van der Waals surface area contributed by atoms with Crippen molar-refractivity contribution in [1.29, 1.82) is 0 Å². The van der Waals surface area contributed by atoms with Crippen LogP contribution in [0.2, 0.25) is 0 Å². The molecule has 0 atom stereocenters. The van der Waals surface area contributed by atoms with Gasteiger partial charge in [-0.25, -0.2) is 4.98 Å². The van der Waals surface area contributed by atoms with Crippen LogP contribution in [0.4, 0.5) is 17.2 Å². The molecule has 0 radical (unpaired) electrons. The highest BCUT2D eigenvalue weighted by Gasteiger charge is 2.22. The number of nitrogens with zero attached hydrogens (tertiary/aromatic N) is 3. The molecule has 140 valence electrons. The highest BCUT2D eigenvalue weighted by molar-refractivity contribution is 7.18. The Kier molecular flexibility index (Phi) is 4.49. The first-order chi connectivity index (χ1) is 12.9. The molecule has 27 heavy (non-hydrogen) atoms. The molecule has 0 aliphatic carbocycles. The zero-order chi connectivity index (χ0) is 19.1. The molecule has 1 amide bonds. The number of thiophene rings is 1. The summed E-state index contributed by atoms with van der Waals surface area (Å²) in [4.78, 5) is 23.9. The Labute approximate surface area is 162 Å². The molecule has 0 fully saturated rings. The van der Waals surface area contributed by atoms with E-state index in [0.717, 1.165) is 41.1 Å². The Bertz CT molecular complexity index is 1010. The van der Waals surface area contributed by atoms with Gasteiger partial charge in [0.15, 0.2) is 0 Å². The van der Waals surface area contributed by atoms with Crippen molar-refractivity contribution in [2.24, 2.45) is 0 Å². The zero-order valence-corrected chi connectivity index (χ0v) is 16.6. The molecule has 1 aromatic carbocycles. The highest BCUT2D eigenvalue weighted by atomic mass is 32.1. The highest BCUT2D eigenvalue weighted by Crippen LogP contribution is 2.35. The van der Waals surface area contributed by atoms with Gasteiger partial charge < -0.3 is 20.9 Å². The quantitative estimate of drug-likeness (QED) is 0.729. The van der Waals surface area contributed by atoms with Crippen LogP contribution in [0, 0.1) is 0 Å². The predicted molar refractivity (Wildman–Crippen MR) is 113 cm³/mol. The second-order valence-electron chi connectivity index (χ2n) is 7.16. The number of hydrogen-bond donors (Lipinski definition) is 2. The Morgan fingerprint density at radius 3 is 2.74 bits per heavy atom. The molecule has 3 aromatic rings. The lowest BCUT2D eigenvalue weighted by molar-refractivity contribution is 0.102. The van der Waals surface area contributed by atoms with Gasteiger partial charge in [-0.1, -0.05) is 0 Å². The van der Waals surface area contributed by atoms with Gasteiger partial charge in [0.25, 0.3) is 5.91 Å². The number of fused-ring (bicyclic) bond motifs is 3. The second kappa shape index (κ2) is 6.83. The van der Waals surface area contributed by atoms with E-state index in [-0.39, 0.29) is 11.7 Å². The molecule has 0 bridgehead atoms. The van der Waals surface area contributed by atoms with Gasteiger partial charge in [0.05, 0.1) is 5.56 Å². The average molecular weight is 382 g/mol.